The molecule has 5 heteroatoms. The Balaban J connectivity index is 1.79. The predicted molar refractivity (Wildman–Crippen MR) is 88.8 cm³/mol. The molecule has 3 aromatic carbocycles. The summed E-state index contributed by atoms with van der Waals surface area (Å²) in [5, 5.41) is 24.8. The van der Waals surface area contributed by atoms with E-state index in [2.05, 4.69) is 10.5 Å². The van der Waals surface area contributed by atoms with Crippen LogP contribution < -0.4 is 5.43 Å². The predicted octanol–water partition coefficient (Wildman–Crippen LogP) is 3.01. The summed E-state index contributed by atoms with van der Waals surface area (Å²) in [5.41, 5.74) is 3.37. The lowest BCUT2D eigenvalue weighted by Gasteiger charge is -2.03. The number of amides is 1. The van der Waals surface area contributed by atoms with Crippen LogP contribution >= 0.6 is 0 Å². The summed E-state index contributed by atoms with van der Waals surface area (Å²) in [6.07, 6.45) is 1.56. The molecule has 0 aliphatic carbocycles. The molecule has 0 spiro atoms. The summed E-state index contributed by atoms with van der Waals surface area (Å²) < 4.78 is 0. The second kappa shape index (κ2) is 6.19. The Morgan fingerprint density at radius 1 is 0.957 bits per heavy atom. The van der Waals surface area contributed by atoms with Crippen LogP contribution in [0.2, 0.25) is 0 Å². The molecule has 3 rings (SSSR count). The van der Waals surface area contributed by atoms with Gasteiger partial charge in [0.1, 0.15) is 11.5 Å². The van der Waals surface area contributed by atoms with Crippen molar-refractivity contribution in [2.45, 2.75) is 0 Å². The number of hydrazone groups is 1. The molecule has 3 N–H and O–H groups in total. The van der Waals surface area contributed by atoms with Crippen molar-refractivity contribution in [3.8, 4) is 11.5 Å². The summed E-state index contributed by atoms with van der Waals surface area (Å²) >= 11 is 0. The summed E-state index contributed by atoms with van der Waals surface area (Å²) in [4.78, 5) is 12.0. The second-order valence-corrected chi connectivity index (χ2v) is 5.01. The number of carbonyl (C=O) groups is 1. The number of hydrogen-bond donors (Lipinski definition) is 3. The summed E-state index contributed by atoms with van der Waals surface area (Å²) in [6.45, 7) is 0. The Bertz CT molecular complexity index is 878. The third kappa shape index (κ3) is 3.29. The molecular weight excluding hydrogens is 292 g/mol. The Hall–Kier alpha value is -3.34. The van der Waals surface area contributed by atoms with Gasteiger partial charge in [0, 0.05) is 17.2 Å². The van der Waals surface area contributed by atoms with E-state index in [1.165, 1.54) is 12.1 Å². The van der Waals surface area contributed by atoms with Crippen molar-refractivity contribution < 1.29 is 15.0 Å². The molecule has 0 saturated heterocycles. The monoisotopic (exact) mass is 306 g/mol. The Labute approximate surface area is 132 Å². The maximum atomic E-state index is 12.0. The number of benzene rings is 3. The van der Waals surface area contributed by atoms with Gasteiger partial charge in [-0.2, -0.15) is 5.10 Å². The van der Waals surface area contributed by atoms with Crippen molar-refractivity contribution in [2.75, 3.05) is 0 Å². The highest BCUT2D eigenvalue weighted by Gasteiger charge is 2.07. The molecule has 3 aromatic rings. The fraction of sp³-hybridized carbons (Fsp3) is 0. The van der Waals surface area contributed by atoms with Crippen molar-refractivity contribution in [1.29, 1.82) is 0 Å². The Morgan fingerprint density at radius 2 is 1.65 bits per heavy atom. The van der Waals surface area contributed by atoms with Gasteiger partial charge in [-0.25, -0.2) is 5.43 Å². The molecule has 0 atom stereocenters. The number of rotatable bonds is 3. The van der Waals surface area contributed by atoms with E-state index < -0.39 is 5.91 Å². The maximum absolute atomic E-state index is 12.0. The van der Waals surface area contributed by atoms with Gasteiger partial charge in [-0.05, 0) is 22.9 Å². The molecule has 0 heterocycles. The molecule has 1 amide bonds. The van der Waals surface area contributed by atoms with Crippen LogP contribution in [0.25, 0.3) is 10.8 Å². The number of phenols is 2. The van der Waals surface area contributed by atoms with E-state index in [-0.39, 0.29) is 17.1 Å². The number of nitrogens with one attached hydrogen (secondary N) is 1. The number of carbonyl (C=O) groups excluding carboxylic acids is 1. The average Bonchev–Trinajstić information content (AvgIpc) is 2.54. The Kier molecular flexibility index (Phi) is 3.93. The minimum atomic E-state index is -0.521. The van der Waals surface area contributed by atoms with E-state index in [1.54, 1.807) is 6.21 Å². The first-order valence-corrected chi connectivity index (χ1v) is 6.98. The zero-order valence-corrected chi connectivity index (χ0v) is 12.1. The molecule has 23 heavy (non-hydrogen) atoms. The molecule has 0 saturated carbocycles. The molecule has 0 aliphatic heterocycles. The highest BCUT2D eigenvalue weighted by atomic mass is 16.3. The van der Waals surface area contributed by atoms with Crippen molar-refractivity contribution in [1.82, 2.24) is 5.43 Å². The minimum Gasteiger partial charge on any atom is -0.508 e. The Morgan fingerprint density at radius 3 is 2.43 bits per heavy atom. The topological polar surface area (TPSA) is 81.9 Å². The number of hydrogen-bond acceptors (Lipinski definition) is 4. The summed E-state index contributed by atoms with van der Waals surface area (Å²) in [6, 6.07) is 17.3. The lowest BCUT2D eigenvalue weighted by atomic mass is 10.1. The average molecular weight is 306 g/mol. The SMILES string of the molecule is O=C(N/N=C/c1cccc2ccccc12)c1cc(O)cc(O)c1. The van der Waals surface area contributed by atoms with Crippen LogP contribution in [0.5, 0.6) is 11.5 Å². The first kappa shape index (κ1) is 14.6. The van der Waals surface area contributed by atoms with Gasteiger partial charge in [0.15, 0.2) is 0 Å². The van der Waals surface area contributed by atoms with E-state index in [1.807, 2.05) is 42.5 Å². The second-order valence-electron chi connectivity index (χ2n) is 5.01. The quantitative estimate of drug-likeness (QED) is 0.514. The first-order valence-electron chi connectivity index (χ1n) is 6.98. The fourth-order valence-corrected chi connectivity index (χ4v) is 2.31. The third-order valence-corrected chi connectivity index (χ3v) is 3.36. The van der Waals surface area contributed by atoms with Gasteiger partial charge in [-0.15, -0.1) is 0 Å². The number of aromatic hydroxyl groups is 2. The van der Waals surface area contributed by atoms with E-state index in [0.29, 0.717) is 0 Å². The molecule has 0 aliphatic rings. The van der Waals surface area contributed by atoms with Gasteiger partial charge in [0.25, 0.3) is 5.91 Å². The van der Waals surface area contributed by atoms with Crippen LogP contribution in [-0.2, 0) is 0 Å². The van der Waals surface area contributed by atoms with Gasteiger partial charge in [0.2, 0.25) is 0 Å². The maximum Gasteiger partial charge on any atom is 0.271 e. The zero-order chi connectivity index (χ0) is 16.2. The van der Waals surface area contributed by atoms with Crippen LogP contribution in [0.3, 0.4) is 0 Å². The van der Waals surface area contributed by atoms with E-state index >= 15 is 0 Å². The van der Waals surface area contributed by atoms with Crippen molar-refractivity contribution in [2.24, 2.45) is 5.10 Å². The summed E-state index contributed by atoms with van der Waals surface area (Å²) in [5.74, 6) is -0.894. The third-order valence-electron chi connectivity index (χ3n) is 3.36. The molecular formula is C18H14N2O3. The fourth-order valence-electron chi connectivity index (χ4n) is 2.31. The zero-order valence-electron chi connectivity index (χ0n) is 12.1. The first-order chi connectivity index (χ1) is 11.1. The number of fused-ring (bicyclic) bond motifs is 1. The van der Waals surface area contributed by atoms with Crippen molar-refractivity contribution in [3.05, 3.63) is 71.8 Å². The largest absolute Gasteiger partial charge is 0.508 e. The summed E-state index contributed by atoms with van der Waals surface area (Å²) in [7, 11) is 0. The molecule has 114 valence electrons. The lowest BCUT2D eigenvalue weighted by molar-refractivity contribution is 0.0954. The van der Waals surface area contributed by atoms with Gasteiger partial charge in [0.05, 0.1) is 6.21 Å². The van der Waals surface area contributed by atoms with Gasteiger partial charge in [-0.3, -0.25) is 4.79 Å². The van der Waals surface area contributed by atoms with Crippen LogP contribution in [-0.4, -0.2) is 22.3 Å². The van der Waals surface area contributed by atoms with E-state index in [9.17, 15) is 15.0 Å². The van der Waals surface area contributed by atoms with E-state index in [4.69, 9.17) is 0 Å². The normalized spacial score (nSPS) is 11.0. The van der Waals surface area contributed by atoms with Gasteiger partial charge < -0.3 is 10.2 Å². The number of phenolic OH excluding ortho intramolecular Hbond substituents is 2. The molecule has 0 unspecified atom stereocenters. The van der Waals surface area contributed by atoms with Crippen LogP contribution in [0.1, 0.15) is 15.9 Å². The molecule has 0 radical (unpaired) electrons. The van der Waals surface area contributed by atoms with Crippen molar-refractivity contribution >= 4 is 22.9 Å². The van der Waals surface area contributed by atoms with Crippen LogP contribution in [0, 0.1) is 0 Å². The molecule has 0 fully saturated rings. The van der Waals surface area contributed by atoms with Crippen LogP contribution in [0.4, 0.5) is 0 Å². The highest BCUT2D eigenvalue weighted by Crippen LogP contribution is 2.20. The van der Waals surface area contributed by atoms with Gasteiger partial charge >= 0.3 is 0 Å². The number of nitrogens with zero attached hydrogens (tertiary/aromatic N) is 1. The van der Waals surface area contributed by atoms with E-state index in [0.717, 1.165) is 22.4 Å². The highest BCUT2D eigenvalue weighted by molar-refractivity contribution is 6.00. The minimum absolute atomic E-state index is 0.123. The standard InChI is InChI=1S/C18H14N2O3/c21-15-8-14(9-16(22)10-15)18(23)20-19-11-13-6-3-5-12-4-1-2-7-17(12)13/h1-11,21-22H,(H,20,23)/b19-11+. The lowest BCUT2D eigenvalue weighted by Crippen LogP contribution is -2.17. The molecule has 5 nitrogen and oxygen atoms in total. The molecule has 0 bridgehead atoms. The smallest absolute Gasteiger partial charge is 0.271 e. The van der Waals surface area contributed by atoms with Crippen molar-refractivity contribution in [3.63, 3.8) is 0 Å². The van der Waals surface area contributed by atoms with Gasteiger partial charge in [-0.1, -0.05) is 42.5 Å². The van der Waals surface area contributed by atoms with Crippen LogP contribution in [0.15, 0.2) is 65.8 Å². The molecule has 0 aromatic heterocycles.